The lowest BCUT2D eigenvalue weighted by atomic mass is 10.1. The number of aromatic nitrogens is 2. The summed E-state index contributed by atoms with van der Waals surface area (Å²) in [6.07, 6.45) is 2.21. The van der Waals surface area contributed by atoms with Crippen LogP contribution in [0.5, 0.6) is 0 Å². The largest absolute Gasteiger partial charge is 0.383 e. The Morgan fingerprint density at radius 2 is 1.71 bits per heavy atom. The Labute approximate surface area is 141 Å². The zero-order chi connectivity index (χ0) is 17.4. The molecule has 8 nitrogen and oxygen atoms in total. The second kappa shape index (κ2) is 8.57. The summed E-state index contributed by atoms with van der Waals surface area (Å²) in [6.45, 7) is 1.92. The summed E-state index contributed by atoms with van der Waals surface area (Å²) in [6, 6.07) is 8.33. The molecule has 0 radical (unpaired) electrons. The minimum atomic E-state index is -3.65. The minimum absolute atomic E-state index is 0.113. The number of nitrogens with one attached hydrogen (secondary N) is 2. The van der Waals surface area contributed by atoms with Crippen LogP contribution in [-0.4, -0.2) is 45.2 Å². The van der Waals surface area contributed by atoms with Crippen molar-refractivity contribution in [3.8, 4) is 0 Å². The zero-order valence-electron chi connectivity index (χ0n) is 13.4. The molecular formula is C15H21N5O3S. The van der Waals surface area contributed by atoms with Gasteiger partial charge in [0.05, 0.1) is 11.5 Å². The van der Waals surface area contributed by atoms with Crippen molar-refractivity contribution in [3.63, 3.8) is 0 Å². The van der Waals surface area contributed by atoms with Gasteiger partial charge in [0.1, 0.15) is 18.0 Å². The number of nitrogens with zero attached hydrogens (tertiary/aromatic N) is 2. The van der Waals surface area contributed by atoms with E-state index in [0.717, 1.165) is 17.8 Å². The van der Waals surface area contributed by atoms with Gasteiger partial charge in [0.25, 0.3) is 0 Å². The molecule has 0 unspecified atom stereocenters. The molecule has 0 fully saturated rings. The Morgan fingerprint density at radius 1 is 1.08 bits per heavy atom. The quantitative estimate of drug-likeness (QED) is 0.573. The number of anilines is 2. The van der Waals surface area contributed by atoms with E-state index in [4.69, 9.17) is 9.88 Å². The summed E-state index contributed by atoms with van der Waals surface area (Å²) >= 11 is 0. The summed E-state index contributed by atoms with van der Waals surface area (Å²) in [5.74, 6) is 1.44. The number of benzene rings is 1. The number of hydrogen-bond donors (Lipinski definition) is 3. The van der Waals surface area contributed by atoms with Crippen LogP contribution in [0.3, 0.4) is 0 Å². The number of hydrogen-bond acceptors (Lipinski definition) is 7. The topological polar surface area (TPSA) is 119 Å². The van der Waals surface area contributed by atoms with Gasteiger partial charge < -0.3 is 15.4 Å². The van der Waals surface area contributed by atoms with Crippen molar-refractivity contribution in [2.75, 3.05) is 37.4 Å². The van der Waals surface area contributed by atoms with Crippen LogP contribution in [0, 0.1) is 0 Å². The standard InChI is InChI=1S/C15H21N5O3S/c1-23-9-8-18-15-10-14(19-11-20-15)17-7-6-12-2-4-13(5-3-12)24(16,21)22/h2-5,10-11H,6-9H2,1H3,(H2,16,21,22)(H2,17,18,19,20). The van der Waals surface area contributed by atoms with Gasteiger partial charge in [-0.2, -0.15) is 0 Å². The SMILES string of the molecule is COCCNc1cc(NCCc2ccc(S(N)(=O)=O)cc2)ncn1. The summed E-state index contributed by atoms with van der Waals surface area (Å²) in [4.78, 5) is 8.39. The summed E-state index contributed by atoms with van der Waals surface area (Å²) in [5, 5.41) is 11.4. The molecule has 2 aromatic rings. The van der Waals surface area contributed by atoms with E-state index in [0.29, 0.717) is 25.5 Å². The first-order valence-electron chi connectivity index (χ1n) is 7.39. The zero-order valence-corrected chi connectivity index (χ0v) is 14.2. The fourth-order valence-corrected chi connectivity index (χ4v) is 2.53. The van der Waals surface area contributed by atoms with Crippen molar-refractivity contribution in [3.05, 3.63) is 42.2 Å². The second-order valence-electron chi connectivity index (χ2n) is 5.07. The fourth-order valence-electron chi connectivity index (χ4n) is 2.01. The number of sulfonamides is 1. The molecule has 0 aliphatic heterocycles. The van der Waals surface area contributed by atoms with Crippen LogP contribution in [0.25, 0.3) is 0 Å². The number of nitrogens with two attached hydrogens (primary N) is 1. The van der Waals surface area contributed by atoms with Crippen molar-refractivity contribution in [2.45, 2.75) is 11.3 Å². The third-order valence-corrected chi connectivity index (χ3v) is 4.18. The number of primary sulfonamides is 1. The van der Waals surface area contributed by atoms with E-state index in [1.807, 2.05) is 6.07 Å². The molecule has 0 saturated heterocycles. The van der Waals surface area contributed by atoms with E-state index >= 15 is 0 Å². The van der Waals surface area contributed by atoms with Gasteiger partial charge in [-0.25, -0.2) is 23.5 Å². The molecule has 0 spiro atoms. The lowest BCUT2D eigenvalue weighted by Crippen LogP contribution is -2.12. The van der Waals surface area contributed by atoms with Crippen LogP contribution in [0.1, 0.15) is 5.56 Å². The van der Waals surface area contributed by atoms with Crippen molar-refractivity contribution in [1.82, 2.24) is 9.97 Å². The highest BCUT2D eigenvalue weighted by Gasteiger charge is 2.06. The predicted molar refractivity (Wildman–Crippen MR) is 92.4 cm³/mol. The van der Waals surface area contributed by atoms with E-state index in [1.54, 1.807) is 19.2 Å². The summed E-state index contributed by atoms with van der Waals surface area (Å²) < 4.78 is 27.4. The first-order chi connectivity index (χ1) is 11.5. The van der Waals surface area contributed by atoms with Crippen LogP contribution in [0.2, 0.25) is 0 Å². The van der Waals surface area contributed by atoms with Crippen molar-refractivity contribution in [2.24, 2.45) is 5.14 Å². The summed E-state index contributed by atoms with van der Waals surface area (Å²) in [5.41, 5.74) is 1.00. The highest BCUT2D eigenvalue weighted by atomic mass is 32.2. The van der Waals surface area contributed by atoms with Crippen LogP contribution >= 0.6 is 0 Å². The lowest BCUT2D eigenvalue weighted by molar-refractivity contribution is 0.210. The minimum Gasteiger partial charge on any atom is -0.383 e. The van der Waals surface area contributed by atoms with Gasteiger partial charge in [-0.15, -0.1) is 0 Å². The highest BCUT2D eigenvalue weighted by Crippen LogP contribution is 2.11. The molecule has 0 atom stereocenters. The molecule has 0 amide bonds. The Kier molecular flexibility index (Phi) is 6.47. The van der Waals surface area contributed by atoms with Gasteiger partial charge in [0, 0.05) is 26.3 Å². The van der Waals surface area contributed by atoms with Crippen LogP contribution in [0.15, 0.2) is 41.6 Å². The Morgan fingerprint density at radius 3 is 2.29 bits per heavy atom. The van der Waals surface area contributed by atoms with Gasteiger partial charge in [-0.3, -0.25) is 0 Å². The second-order valence-corrected chi connectivity index (χ2v) is 6.64. The predicted octanol–water partition coefficient (Wildman–Crippen LogP) is 0.837. The Hall–Kier alpha value is -2.23. The highest BCUT2D eigenvalue weighted by molar-refractivity contribution is 7.89. The van der Waals surface area contributed by atoms with Crippen LogP contribution in [-0.2, 0) is 21.2 Å². The first-order valence-corrected chi connectivity index (χ1v) is 8.94. The van der Waals surface area contributed by atoms with Gasteiger partial charge in [-0.1, -0.05) is 12.1 Å². The van der Waals surface area contributed by atoms with Crippen molar-refractivity contribution in [1.29, 1.82) is 0 Å². The normalized spacial score (nSPS) is 11.2. The smallest absolute Gasteiger partial charge is 0.238 e. The molecule has 1 heterocycles. The van der Waals surface area contributed by atoms with Crippen LogP contribution in [0.4, 0.5) is 11.6 Å². The van der Waals surface area contributed by atoms with Gasteiger partial charge in [-0.05, 0) is 24.1 Å². The average Bonchev–Trinajstić information content (AvgIpc) is 2.55. The fraction of sp³-hybridized carbons (Fsp3) is 0.333. The summed E-state index contributed by atoms with van der Waals surface area (Å²) in [7, 11) is -2.00. The molecule has 2 rings (SSSR count). The maximum atomic E-state index is 11.2. The lowest BCUT2D eigenvalue weighted by Gasteiger charge is -2.08. The van der Waals surface area contributed by atoms with E-state index in [9.17, 15) is 8.42 Å². The molecule has 1 aromatic heterocycles. The molecule has 9 heteroatoms. The van der Waals surface area contributed by atoms with Crippen molar-refractivity contribution >= 4 is 21.7 Å². The van der Waals surface area contributed by atoms with Gasteiger partial charge in [0.2, 0.25) is 10.0 Å². The number of rotatable bonds is 9. The van der Waals surface area contributed by atoms with E-state index in [2.05, 4.69) is 20.6 Å². The molecule has 130 valence electrons. The van der Waals surface area contributed by atoms with E-state index in [1.165, 1.54) is 18.5 Å². The van der Waals surface area contributed by atoms with Gasteiger partial charge >= 0.3 is 0 Å². The maximum Gasteiger partial charge on any atom is 0.238 e. The monoisotopic (exact) mass is 351 g/mol. The number of ether oxygens (including phenoxy) is 1. The molecule has 0 bridgehead atoms. The van der Waals surface area contributed by atoms with E-state index < -0.39 is 10.0 Å². The molecule has 1 aromatic carbocycles. The van der Waals surface area contributed by atoms with Crippen LogP contribution < -0.4 is 15.8 Å². The Balaban J connectivity index is 1.84. The molecule has 24 heavy (non-hydrogen) atoms. The molecule has 0 aliphatic rings. The van der Waals surface area contributed by atoms with E-state index in [-0.39, 0.29) is 4.90 Å². The third-order valence-electron chi connectivity index (χ3n) is 3.25. The molecule has 0 aliphatic carbocycles. The molecule has 0 saturated carbocycles. The molecule has 4 N–H and O–H groups in total. The first kappa shape index (κ1) is 18.1. The Bertz CT molecular complexity index is 750. The van der Waals surface area contributed by atoms with Crippen molar-refractivity contribution < 1.29 is 13.2 Å². The average molecular weight is 351 g/mol. The maximum absolute atomic E-state index is 11.2. The molecular weight excluding hydrogens is 330 g/mol. The number of methoxy groups -OCH3 is 1. The van der Waals surface area contributed by atoms with Gasteiger partial charge in [0.15, 0.2) is 0 Å². The third kappa shape index (κ3) is 5.76.